The molecule has 0 saturated heterocycles. The van der Waals surface area contributed by atoms with E-state index in [-0.39, 0.29) is 0 Å². The highest BCUT2D eigenvalue weighted by Crippen LogP contribution is 2.26. The zero-order chi connectivity index (χ0) is 14.8. The van der Waals surface area contributed by atoms with Crippen LogP contribution in [-0.2, 0) is 11.2 Å². The molecule has 0 spiro atoms. The molecule has 114 valence electrons. The highest BCUT2D eigenvalue weighted by atomic mass is 79.9. The van der Waals surface area contributed by atoms with Gasteiger partial charge in [0.05, 0.1) is 13.7 Å². The molecule has 0 aromatic heterocycles. The summed E-state index contributed by atoms with van der Waals surface area (Å²) in [6.45, 7) is 4.93. The third-order valence-corrected chi connectivity index (χ3v) is 3.86. The summed E-state index contributed by atoms with van der Waals surface area (Å²) in [4.78, 5) is 0. The lowest BCUT2D eigenvalue weighted by atomic mass is 9.94. The van der Waals surface area contributed by atoms with Crippen LogP contribution in [0.25, 0.3) is 0 Å². The van der Waals surface area contributed by atoms with E-state index in [2.05, 4.69) is 34.2 Å². The SMILES string of the molecule is CCCC(CNCCOC)Cc1cc(Br)ccc1OC. The fourth-order valence-electron chi connectivity index (χ4n) is 2.38. The molecule has 0 radical (unpaired) electrons. The highest BCUT2D eigenvalue weighted by Gasteiger charge is 2.12. The van der Waals surface area contributed by atoms with Gasteiger partial charge in [0.15, 0.2) is 0 Å². The van der Waals surface area contributed by atoms with Crippen molar-refractivity contribution in [2.45, 2.75) is 26.2 Å². The molecule has 1 N–H and O–H groups in total. The molecule has 0 saturated carbocycles. The van der Waals surface area contributed by atoms with Crippen molar-refractivity contribution in [2.24, 2.45) is 5.92 Å². The van der Waals surface area contributed by atoms with Crippen molar-refractivity contribution in [3.63, 3.8) is 0 Å². The van der Waals surface area contributed by atoms with Crippen molar-refractivity contribution < 1.29 is 9.47 Å². The van der Waals surface area contributed by atoms with Gasteiger partial charge in [-0.15, -0.1) is 0 Å². The number of benzene rings is 1. The molecular formula is C16H26BrNO2. The smallest absolute Gasteiger partial charge is 0.122 e. The number of methoxy groups -OCH3 is 2. The van der Waals surface area contributed by atoms with Gasteiger partial charge < -0.3 is 14.8 Å². The van der Waals surface area contributed by atoms with E-state index in [0.717, 1.165) is 36.3 Å². The van der Waals surface area contributed by atoms with E-state index in [1.54, 1.807) is 14.2 Å². The lowest BCUT2D eigenvalue weighted by Crippen LogP contribution is -2.27. The molecular weight excluding hydrogens is 318 g/mol. The van der Waals surface area contributed by atoms with Gasteiger partial charge in [0.2, 0.25) is 0 Å². The largest absolute Gasteiger partial charge is 0.496 e. The highest BCUT2D eigenvalue weighted by molar-refractivity contribution is 9.10. The van der Waals surface area contributed by atoms with Gasteiger partial charge in [0, 0.05) is 18.1 Å². The Balaban J connectivity index is 2.61. The van der Waals surface area contributed by atoms with Gasteiger partial charge in [0.25, 0.3) is 0 Å². The van der Waals surface area contributed by atoms with Gasteiger partial charge in [-0.2, -0.15) is 0 Å². The van der Waals surface area contributed by atoms with Crippen molar-refractivity contribution in [3.05, 3.63) is 28.2 Å². The first-order chi connectivity index (χ1) is 9.71. The van der Waals surface area contributed by atoms with Crippen LogP contribution >= 0.6 is 15.9 Å². The molecule has 1 unspecified atom stereocenters. The average Bonchev–Trinajstić information content (AvgIpc) is 2.44. The molecule has 20 heavy (non-hydrogen) atoms. The second kappa shape index (κ2) is 10.2. The van der Waals surface area contributed by atoms with Gasteiger partial charge in [-0.05, 0) is 49.1 Å². The number of rotatable bonds is 10. The molecule has 0 amide bonds. The molecule has 1 aromatic carbocycles. The monoisotopic (exact) mass is 343 g/mol. The minimum absolute atomic E-state index is 0.625. The second-order valence-electron chi connectivity index (χ2n) is 5.01. The van der Waals surface area contributed by atoms with E-state index in [4.69, 9.17) is 9.47 Å². The minimum Gasteiger partial charge on any atom is -0.496 e. The molecule has 4 heteroatoms. The van der Waals surface area contributed by atoms with Crippen LogP contribution in [0.1, 0.15) is 25.3 Å². The Bertz CT molecular complexity index is 385. The summed E-state index contributed by atoms with van der Waals surface area (Å²) in [6.07, 6.45) is 3.46. The molecule has 0 bridgehead atoms. The lowest BCUT2D eigenvalue weighted by molar-refractivity contribution is 0.197. The number of nitrogens with one attached hydrogen (secondary N) is 1. The standard InChI is InChI=1S/C16H26BrNO2/c1-4-5-13(12-18-8-9-19-2)10-14-11-15(17)6-7-16(14)20-3/h6-7,11,13,18H,4-5,8-10,12H2,1-3H3. The first-order valence-electron chi connectivity index (χ1n) is 7.23. The molecule has 0 fully saturated rings. The van der Waals surface area contributed by atoms with Crippen LogP contribution in [0.2, 0.25) is 0 Å². The Morgan fingerprint density at radius 2 is 2.10 bits per heavy atom. The van der Waals surface area contributed by atoms with Gasteiger partial charge in [-0.25, -0.2) is 0 Å². The summed E-state index contributed by atoms with van der Waals surface area (Å²) in [7, 11) is 3.47. The fraction of sp³-hybridized carbons (Fsp3) is 0.625. The quantitative estimate of drug-likeness (QED) is 0.657. The van der Waals surface area contributed by atoms with Crippen molar-refractivity contribution in [2.75, 3.05) is 33.9 Å². The van der Waals surface area contributed by atoms with Crippen molar-refractivity contribution in [3.8, 4) is 5.75 Å². The van der Waals surface area contributed by atoms with Gasteiger partial charge >= 0.3 is 0 Å². The molecule has 1 rings (SSSR count). The molecule has 3 nitrogen and oxygen atoms in total. The Hall–Kier alpha value is -0.580. The van der Waals surface area contributed by atoms with Gasteiger partial charge in [-0.1, -0.05) is 29.3 Å². The van der Waals surface area contributed by atoms with Crippen LogP contribution in [-0.4, -0.2) is 33.9 Å². The Morgan fingerprint density at radius 3 is 2.75 bits per heavy atom. The normalized spacial score (nSPS) is 12.4. The third kappa shape index (κ3) is 6.25. The van der Waals surface area contributed by atoms with Crippen LogP contribution in [0, 0.1) is 5.92 Å². The van der Waals surface area contributed by atoms with Gasteiger partial charge in [0.1, 0.15) is 5.75 Å². The zero-order valence-electron chi connectivity index (χ0n) is 12.7. The molecule has 1 atom stereocenters. The van der Waals surface area contributed by atoms with E-state index in [0.29, 0.717) is 5.92 Å². The maximum absolute atomic E-state index is 5.46. The Kier molecular flexibility index (Phi) is 8.90. The number of hydrogen-bond acceptors (Lipinski definition) is 3. The predicted molar refractivity (Wildman–Crippen MR) is 87.5 cm³/mol. The van der Waals surface area contributed by atoms with Crippen molar-refractivity contribution >= 4 is 15.9 Å². The molecule has 0 aliphatic rings. The number of hydrogen-bond donors (Lipinski definition) is 1. The summed E-state index contributed by atoms with van der Waals surface area (Å²) in [6, 6.07) is 6.21. The maximum atomic E-state index is 5.46. The second-order valence-corrected chi connectivity index (χ2v) is 5.93. The van der Waals surface area contributed by atoms with E-state index in [9.17, 15) is 0 Å². The number of halogens is 1. The predicted octanol–water partition coefficient (Wildman–Crippen LogP) is 3.65. The van der Waals surface area contributed by atoms with Crippen LogP contribution in [0.5, 0.6) is 5.75 Å². The Labute approximate surface area is 131 Å². The van der Waals surface area contributed by atoms with Crippen LogP contribution in [0.15, 0.2) is 22.7 Å². The van der Waals surface area contributed by atoms with Crippen LogP contribution in [0.4, 0.5) is 0 Å². The maximum Gasteiger partial charge on any atom is 0.122 e. The first kappa shape index (κ1) is 17.5. The van der Waals surface area contributed by atoms with Crippen LogP contribution < -0.4 is 10.1 Å². The van der Waals surface area contributed by atoms with E-state index >= 15 is 0 Å². The summed E-state index contributed by atoms with van der Waals surface area (Å²) in [5.41, 5.74) is 1.27. The number of ether oxygens (including phenoxy) is 2. The van der Waals surface area contributed by atoms with Crippen molar-refractivity contribution in [1.82, 2.24) is 5.32 Å². The summed E-state index contributed by atoms with van der Waals surface area (Å²) in [5.74, 6) is 1.60. The average molecular weight is 344 g/mol. The van der Waals surface area contributed by atoms with E-state index in [1.807, 2.05) is 12.1 Å². The van der Waals surface area contributed by atoms with Gasteiger partial charge in [-0.3, -0.25) is 0 Å². The van der Waals surface area contributed by atoms with Crippen molar-refractivity contribution in [1.29, 1.82) is 0 Å². The Morgan fingerprint density at radius 1 is 1.30 bits per heavy atom. The molecule has 0 aliphatic carbocycles. The topological polar surface area (TPSA) is 30.5 Å². The third-order valence-electron chi connectivity index (χ3n) is 3.36. The van der Waals surface area contributed by atoms with Crippen LogP contribution in [0.3, 0.4) is 0 Å². The summed E-state index contributed by atoms with van der Waals surface area (Å²) < 4.78 is 11.6. The first-order valence-corrected chi connectivity index (χ1v) is 8.02. The lowest BCUT2D eigenvalue weighted by Gasteiger charge is -2.19. The molecule has 0 aliphatic heterocycles. The fourth-order valence-corrected chi connectivity index (χ4v) is 2.79. The van der Waals surface area contributed by atoms with E-state index in [1.165, 1.54) is 18.4 Å². The molecule has 1 aromatic rings. The molecule has 0 heterocycles. The minimum atomic E-state index is 0.625. The summed E-state index contributed by atoms with van der Waals surface area (Å²) in [5, 5.41) is 3.47. The van der Waals surface area contributed by atoms with E-state index < -0.39 is 0 Å². The summed E-state index contributed by atoms with van der Waals surface area (Å²) >= 11 is 3.54. The zero-order valence-corrected chi connectivity index (χ0v) is 14.3.